The number of nitrogens with one attached hydrogen (secondary N) is 2. The summed E-state index contributed by atoms with van der Waals surface area (Å²) >= 11 is 0. The molecule has 1 saturated carbocycles. The molecule has 7 nitrogen and oxygen atoms in total. The molecule has 40 heavy (non-hydrogen) atoms. The van der Waals surface area contributed by atoms with Crippen LogP contribution in [0.4, 0.5) is 4.79 Å². The molecule has 2 atom stereocenters. The maximum atomic E-state index is 14.6. The quantitative estimate of drug-likeness (QED) is 0.408. The fraction of sp³-hybridized carbons (Fsp3) is 0.545. The molecule has 0 heterocycles. The number of hydrogen-bond acceptors (Lipinski definition) is 4. The van der Waals surface area contributed by atoms with E-state index in [-0.39, 0.29) is 24.3 Å². The molecule has 3 amide bonds. The normalized spacial score (nSPS) is 16.0. The molecule has 2 aromatic rings. The first-order chi connectivity index (χ1) is 18.8. The van der Waals surface area contributed by atoms with Gasteiger partial charge in [-0.25, -0.2) is 4.79 Å². The summed E-state index contributed by atoms with van der Waals surface area (Å²) in [5.74, 6) is -0.533. The molecule has 0 saturated heterocycles. The van der Waals surface area contributed by atoms with Crippen molar-refractivity contribution in [2.75, 3.05) is 0 Å². The molecule has 0 spiro atoms. The van der Waals surface area contributed by atoms with Crippen molar-refractivity contribution in [2.45, 2.75) is 116 Å². The first-order valence-corrected chi connectivity index (χ1v) is 14.5. The Bertz CT molecular complexity index is 1140. The molecule has 1 aliphatic carbocycles. The maximum Gasteiger partial charge on any atom is 0.408 e. The van der Waals surface area contributed by atoms with Crippen LogP contribution in [0.3, 0.4) is 0 Å². The van der Waals surface area contributed by atoms with Gasteiger partial charge in [0.2, 0.25) is 11.8 Å². The van der Waals surface area contributed by atoms with Crippen LogP contribution in [0.1, 0.15) is 96.4 Å². The summed E-state index contributed by atoms with van der Waals surface area (Å²) in [6.45, 7) is 13.1. The Morgan fingerprint density at radius 2 is 1.50 bits per heavy atom. The van der Waals surface area contributed by atoms with Gasteiger partial charge in [0.1, 0.15) is 17.7 Å². The number of rotatable bonds is 8. The van der Waals surface area contributed by atoms with E-state index in [1.54, 1.807) is 25.7 Å². The van der Waals surface area contributed by atoms with Gasteiger partial charge in [-0.05, 0) is 78.0 Å². The molecule has 2 aromatic carbocycles. The summed E-state index contributed by atoms with van der Waals surface area (Å²) in [7, 11) is 0. The van der Waals surface area contributed by atoms with Crippen molar-refractivity contribution in [1.29, 1.82) is 0 Å². The Morgan fingerprint density at radius 3 is 2.08 bits per heavy atom. The average Bonchev–Trinajstić information content (AvgIpc) is 2.86. The van der Waals surface area contributed by atoms with Gasteiger partial charge in [-0.1, -0.05) is 73.9 Å². The highest BCUT2D eigenvalue weighted by Gasteiger charge is 2.42. The molecule has 0 aromatic heterocycles. The standard InChI is InChI=1S/C33H47N3O4/c1-23-16-14-15-21-26(23)28(29(37)34-25-19-12-9-13-20-25)36(32(2,3)4)30(38)27(22-24-17-10-8-11-18-24)35-31(39)40-33(5,6)7/h8,10-11,14-18,21,25,27-28H,9,12-13,19-20,22H2,1-7H3,(H,34,37)(H,35,39). The second-order valence-electron chi connectivity index (χ2n) is 12.9. The molecule has 2 N–H and O–H groups in total. The smallest absolute Gasteiger partial charge is 0.408 e. The first-order valence-electron chi connectivity index (χ1n) is 14.5. The zero-order chi connectivity index (χ0) is 29.5. The number of alkyl carbamates (subject to hydrolysis) is 1. The topological polar surface area (TPSA) is 87.7 Å². The first kappa shape index (κ1) is 31.2. The summed E-state index contributed by atoms with van der Waals surface area (Å²) in [5.41, 5.74) is 1.13. The number of amides is 3. The summed E-state index contributed by atoms with van der Waals surface area (Å²) in [6, 6.07) is 15.5. The molecular weight excluding hydrogens is 502 g/mol. The van der Waals surface area contributed by atoms with Crippen LogP contribution < -0.4 is 10.6 Å². The van der Waals surface area contributed by atoms with Crippen LogP contribution in [0.5, 0.6) is 0 Å². The van der Waals surface area contributed by atoms with Crippen LogP contribution >= 0.6 is 0 Å². The van der Waals surface area contributed by atoms with Gasteiger partial charge in [0.25, 0.3) is 0 Å². The highest BCUT2D eigenvalue weighted by molar-refractivity contribution is 5.93. The predicted octanol–water partition coefficient (Wildman–Crippen LogP) is 6.25. The van der Waals surface area contributed by atoms with E-state index in [1.807, 2.05) is 82.3 Å². The van der Waals surface area contributed by atoms with Crippen LogP contribution in [0, 0.1) is 6.92 Å². The largest absolute Gasteiger partial charge is 0.444 e. The van der Waals surface area contributed by atoms with Gasteiger partial charge in [0.15, 0.2) is 0 Å². The summed E-state index contributed by atoms with van der Waals surface area (Å²) in [4.78, 5) is 43.3. The van der Waals surface area contributed by atoms with E-state index in [0.29, 0.717) is 0 Å². The van der Waals surface area contributed by atoms with Crippen LogP contribution in [0.2, 0.25) is 0 Å². The lowest BCUT2D eigenvalue weighted by atomic mass is 9.91. The highest BCUT2D eigenvalue weighted by atomic mass is 16.6. The molecule has 1 aliphatic rings. The van der Waals surface area contributed by atoms with Gasteiger partial charge in [-0.2, -0.15) is 0 Å². The number of nitrogens with zero attached hydrogens (tertiary/aromatic N) is 1. The number of aryl methyl sites for hydroxylation is 1. The van der Waals surface area contributed by atoms with Gasteiger partial charge in [0, 0.05) is 18.0 Å². The third-order valence-corrected chi connectivity index (χ3v) is 7.17. The SMILES string of the molecule is Cc1ccccc1C(C(=O)NC1CCCCC1)N(C(=O)C(Cc1ccccc1)NC(=O)OC(C)(C)C)C(C)(C)C. The second-order valence-corrected chi connectivity index (χ2v) is 12.9. The molecule has 2 unspecified atom stereocenters. The van der Waals surface area contributed by atoms with Crippen molar-refractivity contribution in [3.8, 4) is 0 Å². The van der Waals surface area contributed by atoms with Crippen molar-refractivity contribution >= 4 is 17.9 Å². The van der Waals surface area contributed by atoms with E-state index in [9.17, 15) is 14.4 Å². The lowest BCUT2D eigenvalue weighted by Gasteiger charge is -2.44. The second kappa shape index (κ2) is 13.3. The summed E-state index contributed by atoms with van der Waals surface area (Å²) in [6.07, 6.45) is 4.81. The van der Waals surface area contributed by atoms with E-state index in [1.165, 1.54) is 6.42 Å². The predicted molar refractivity (Wildman–Crippen MR) is 159 cm³/mol. The van der Waals surface area contributed by atoms with Crippen LogP contribution in [-0.2, 0) is 20.7 Å². The molecule has 0 radical (unpaired) electrons. The zero-order valence-corrected chi connectivity index (χ0v) is 25.3. The van der Waals surface area contributed by atoms with Crippen molar-refractivity contribution in [3.63, 3.8) is 0 Å². The van der Waals surface area contributed by atoms with Crippen molar-refractivity contribution in [2.24, 2.45) is 0 Å². The van der Waals surface area contributed by atoms with Crippen molar-refractivity contribution in [3.05, 3.63) is 71.3 Å². The van der Waals surface area contributed by atoms with E-state index in [2.05, 4.69) is 10.6 Å². The third kappa shape index (κ3) is 8.83. The maximum absolute atomic E-state index is 14.6. The van der Waals surface area contributed by atoms with E-state index in [0.717, 1.165) is 42.4 Å². The van der Waals surface area contributed by atoms with Crippen molar-refractivity contribution in [1.82, 2.24) is 15.5 Å². The lowest BCUT2D eigenvalue weighted by Crippen LogP contribution is -2.59. The average molecular weight is 550 g/mol. The molecule has 218 valence electrons. The number of benzene rings is 2. The van der Waals surface area contributed by atoms with Gasteiger partial charge >= 0.3 is 6.09 Å². The minimum absolute atomic E-state index is 0.0877. The Morgan fingerprint density at radius 1 is 0.900 bits per heavy atom. The Balaban J connectivity index is 2.05. The zero-order valence-electron chi connectivity index (χ0n) is 25.3. The van der Waals surface area contributed by atoms with Crippen LogP contribution in [0.15, 0.2) is 54.6 Å². The molecule has 3 rings (SSSR count). The fourth-order valence-corrected chi connectivity index (χ4v) is 5.33. The van der Waals surface area contributed by atoms with Gasteiger partial charge in [0.05, 0.1) is 0 Å². The molecular formula is C33H47N3O4. The van der Waals surface area contributed by atoms with E-state index in [4.69, 9.17) is 4.74 Å². The highest BCUT2D eigenvalue weighted by Crippen LogP contribution is 2.33. The van der Waals surface area contributed by atoms with Crippen LogP contribution in [0.25, 0.3) is 0 Å². The summed E-state index contributed by atoms with van der Waals surface area (Å²) < 4.78 is 5.53. The number of hydrogen-bond donors (Lipinski definition) is 2. The van der Waals surface area contributed by atoms with Crippen LogP contribution in [-0.4, -0.2) is 46.0 Å². The molecule has 1 fully saturated rings. The van der Waals surface area contributed by atoms with E-state index < -0.39 is 29.3 Å². The minimum atomic E-state index is -0.939. The number of carbonyl (C=O) groups is 3. The molecule has 0 aliphatic heterocycles. The summed E-state index contributed by atoms with van der Waals surface area (Å²) in [5, 5.41) is 6.10. The van der Waals surface area contributed by atoms with E-state index >= 15 is 0 Å². The minimum Gasteiger partial charge on any atom is -0.444 e. The van der Waals surface area contributed by atoms with Gasteiger partial charge in [-0.3, -0.25) is 9.59 Å². The lowest BCUT2D eigenvalue weighted by molar-refractivity contribution is -0.148. The van der Waals surface area contributed by atoms with Gasteiger partial charge in [-0.15, -0.1) is 0 Å². The van der Waals surface area contributed by atoms with Crippen molar-refractivity contribution < 1.29 is 19.1 Å². The van der Waals surface area contributed by atoms with Gasteiger partial charge < -0.3 is 20.3 Å². The Kier molecular flexibility index (Phi) is 10.4. The molecule has 0 bridgehead atoms. The number of carbonyl (C=O) groups excluding carboxylic acids is 3. The monoisotopic (exact) mass is 549 g/mol. The third-order valence-electron chi connectivity index (χ3n) is 7.17. The molecule has 7 heteroatoms. The fourth-order valence-electron chi connectivity index (χ4n) is 5.33. The Hall–Kier alpha value is -3.35. The number of ether oxygens (including phenoxy) is 1. The Labute approximate surface area is 240 Å².